The van der Waals surface area contributed by atoms with E-state index in [2.05, 4.69) is 42.3 Å². The lowest BCUT2D eigenvalue weighted by Gasteiger charge is -2.33. The molecule has 9 heteroatoms. The molecule has 0 N–H and O–H groups in total. The highest BCUT2D eigenvalue weighted by atomic mass is 32.2. The van der Waals surface area contributed by atoms with Crippen molar-refractivity contribution in [2.75, 3.05) is 45.3 Å². The Hall–Kier alpha value is -2.62. The molecular formula is C23H27N3O4S2. The number of anilines is 1. The average molecular weight is 474 g/mol. The molecule has 0 aliphatic carbocycles. The lowest BCUT2D eigenvalue weighted by Crippen LogP contribution is -2.48. The average Bonchev–Trinajstić information content (AvgIpc) is 3.30. The summed E-state index contributed by atoms with van der Waals surface area (Å²) in [6.45, 7) is 6.18. The van der Waals surface area contributed by atoms with Crippen LogP contribution in [0.5, 0.6) is 11.5 Å². The summed E-state index contributed by atoms with van der Waals surface area (Å²) in [7, 11) is -0.601. The SMILES string of the molecule is COc1ccc(S(=O)(=O)N2CCN(c3nc(-c4ccc(C)c(C)c4)cs3)CC2)cc1OC. The first-order valence-electron chi connectivity index (χ1n) is 10.3. The van der Waals surface area contributed by atoms with E-state index in [1.807, 2.05) is 0 Å². The molecule has 7 nitrogen and oxygen atoms in total. The Kier molecular flexibility index (Phi) is 6.41. The maximum atomic E-state index is 13.1. The largest absolute Gasteiger partial charge is 0.493 e. The number of rotatable bonds is 6. The second-order valence-corrected chi connectivity index (χ2v) is 10.5. The smallest absolute Gasteiger partial charge is 0.243 e. The normalized spacial score (nSPS) is 15.1. The van der Waals surface area contributed by atoms with Crippen molar-refractivity contribution in [3.05, 3.63) is 52.9 Å². The summed E-state index contributed by atoms with van der Waals surface area (Å²) >= 11 is 1.59. The third kappa shape index (κ3) is 4.32. The minimum absolute atomic E-state index is 0.204. The van der Waals surface area contributed by atoms with Crippen LogP contribution in [-0.2, 0) is 10.0 Å². The Morgan fingerprint density at radius 1 is 0.906 bits per heavy atom. The molecule has 0 bridgehead atoms. The summed E-state index contributed by atoms with van der Waals surface area (Å²) < 4.78 is 38.3. The molecule has 3 aromatic rings. The van der Waals surface area contributed by atoms with Gasteiger partial charge in [0.2, 0.25) is 10.0 Å². The Bertz CT molecular complexity index is 1220. The highest BCUT2D eigenvalue weighted by Gasteiger charge is 2.30. The van der Waals surface area contributed by atoms with Gasteiger partial charge in [-0.15, -0.1) is 11.3 Å². The van der Waals surface area contributed by atoms with E-state index < -0.39 is 10.0 Å². The molecule has 32 heavy (non-hydrogen) atoms. The molecule has 1 aliphatic heterocycles. The number of thiazole rings is 1. The zero-order valence-electron chi connectivity index (χ0n) is 18.7. The first-order chi connectivity index (χ1) is 15.3. The summed E-state index contributed by atoms with van der Waals surface area (Å²) in [5, 5.41) is 2.98. The van der Waals surface area contributed by atoms with Crippen LogP contribution in [0.1, 0.15) is 11.1 Å². The van der Waals surface area contributed by atoms with Crippen LogP contribution in [0.2, 0.25) is 0 Å². The molecule has 1 fully saturated rings. The number of nitrogens with zero attached hydrogens (tertiary/aromatic N) is 3. The van der Waals surface area contributed by atoms with Gasteiger partial charge >= 0.3 is 0 Å². The number of hydrogen-bond donors (Lipinski definition) is 0. The third-order valence-electron chi connectivity index (χ3n) is 5.80. The van der Waals surface area contributed by atoms with E-state index >= 15 is 0 Å². The van der Waals surface area contributed by atoms with Crippen LogP contribution in [-0.4, -0.2) is 58.1 Å². The Morgan fingerprint density at radius 2 is 1.62 bits per heavy atom. The number of methoxy groups -OCH3 is 2. The minimum atomic E-state index is -3.62. The van der Waals surface area contributed by atoms with E-state index in [1.54, 1.807) is 23.5 Å². The molecule has 0 atom stereocenters. The van der Waals surface area contributed by atoms with Gasteiger partial charge < -0.3 is 14.4 Å². The second-order valence-electron chi connectivity index (χ2n) is 7.72. The van der Waals surface area contributed by atoms with Crippen molar-refractivity contribution < 1.29 is 17.9 Å². The van der Waals surface area contributed by atoms with Crippen LogP contribution in [0.15, 0.2) is 46.7 Å². The summed E-state index contributed by atoms with van der Waals surface area (Å²) in [6, 6.07) is 11.0. The Morgan fingerprint density at radius 3 is 2.28 bits per heavy atom. The van der Waals surface area contributed by atoms with Crippen molar-refractivity contribution in [1.82, 2.24) is 9.29 Å². The number of sulfonamides is 1. The van der Waals surface area contributed by atoms with Gasteiger partial charge in [0.15, 0.2) is 16.6 Å². The Balaban J connectivity index is 1.46. The van der Waals surface area contributed by atoms with Gasteiger partial charge in [0.25, 0.3) is 0 Å². The minimum Gasteiger partial charge on any atom is -0.493 e. The molecule has 1 aromatic heterocycles. The molecule has 0 radical (unpaired) electrons. The first kappa shape index (κ1) is 22.6. The van der Waals surface area contributed by atoms with Gasteiger partial charge in [0, 0.05) is 43.2 Å². The Labute approximate surface area is 193 Å². The van der Waals surface area contributed by atoms with Gasteiger partial charge in [-0.25, -0.2) is 13.4 Å². The first-order valence-corrected chi connectivity index (χ1v) is 12.7. The maximum absolute atomic E-state index is 13.1. The maximum Gasteiger partial charge on any atom is 0.243 e. The number of ether oxygens (including phenoxy) is 2. The fourth-order valence-corrected chi connectivity index (χ4v) is 6.02. The number of benzene rings is 2. The third-order valence-corrected chi connectivity index (χ3v) is 8.59. The fourth-order valence-electron chi connectivity index (χ4n) is 3.69. The summed E-state index contributed by atoms with van der Waals surface area (Å²) in [5.41, 5.74) is 4.56. The predicted octanol–water partition coefficient (Wildman–Crippen LogP) is 3.96. The fraction of sp³-hybridized carbons (Fsp3) is 0.348. The quantitative estimate of drug-likeness (QED) is 0.540. The molecule has 4 rings (SSSR count). The van der Waals surface area contributed by atoms with E-state index in [4.69, 9.17) is 14.5 Å². The molecule has 2 heterocycles. The number of aromatic nitrogens is 1. The van der Waals surface area contributed by atoms with E-state index in [9.17, 15) is 8.42 Å². The van der Waals surface area contributed by atoms with Crippen LogP contribution >= 0.6 is 11.3 Å². The van der Waals surface area contributed by atoms with Gasteiger partial charge in [-0.05, 0) is 43.2 Å². The summed E-state index contributed by atoms with van der Waals surface area (Å²) in [4.78, 5) is 7.16. The van der Waals surface area contributed by atoms with Gasteiger partial charge in [0.05, 0.1) is 24.8 Å². The lowest BCUT2D eigenvalue weighted by molar-refractivity contribution is 0.353. The zero-order chi connectivity index (χ0) is 22.9. The molecule has 1 aliphatic rings. The van der Waals surface area contributed by atoms with Crippen molar-refractivity contribution in [2.45, 2.75) is 18.7 Å². The highest BCUT2D eigenvalue weighted by Crippen LogP contribution is 2.32. The lowest BCUT2D eigenvalue weighted by atomic mass is 10.1. The molecule has 0 saturated carbocycles. The van der Waals surface area contributed by atoms with E-state index in [0.29, 0.717) is 37.7 Å². The van der Waals surface area contributed by atoms with Gasteiger partial charge in [-0.2, -0.15) is 4.31 Å². The monoisotopic (exact) mass is 473 g/mol. The topological polar surface area (TPSA) is 72.0 Å². The van der Waals surface area contributed by atoms with Crippen LogP contribution < -0.4 is 14.4 Å². The highest BCUT2D eigenvalue weighted by molar-refractivity contribution is 7.89. The number of piperazine rings is 1. The van der Waals surface area contributed by atoms with E-state index in [0.717, 1.165) is 16.4 Å². The summed E-state index contributed by atoms with van der Waals surface area (Å²) in [5.74, 6) is 0.897. The van der Waals surface area contributed by atoms with Crippen LogP contribution in [0, 0.1) is 13.8 Å². The van der Waals surface area contributed by atoms with Crippen LogP contribution in [0.3, 0.4) is 0 Å². The molecule has 0 amide bonds. The van der Waals surface area contributed by atoms with Crippen LogP contribution in [0.4, 0.5) is 5.13 Å². The molecule has 0 unspecified atom stereocenters. The molecule has 170 valence electrons. The number of aryl methyl sites for hydroxylation is 2. The van der Waals surface area contributed by atoms with Crippen molar-refractivity contribution in [3.63, 3.8) is 0 Å². The molecular weight excluding hydrogens is 446 g/mol. The van der Waals surface area contributed by atoms with Gasteiger partial charge in [-0.3, -0.25) is 0 Å². The van der Waals surface area contributed by atoms with Crippen molar-refractivity contribution in [3.8, 4) is 22.8 Å². The van der Waals surface area contributed by atoms with Gasteiger partial charge in [-0.1, -0.05) is 12.1 Å². The summed E-state index contributed by atoms with van der Waals surface area (Å²) in [6.07, 6.45) is 0. The second kappa shape index (κ2) is 9.09. The molecule has 2 aromatic carbocycles. The van der Waals surface area contributed by atoms with E-state index in [1.165, 1.54) is 35.7 Å². The van der Waals surface area contributed by atoms with Gasteiger partial charge in [0.1, 0.15) is 0 Å². The van der Waals surface area contributed by atoms with Crippen molar-refractivity contribution in [1.29, 1.82) is 0 Å². The van der Waals surface area contributed by atoms with Crippen molar-refractivity contribution >= 4 is 26.5 Å². The zero-order valence-corrected chi connectivity index (χ0v) is 20.3. The standard InChI is InChI=1S/C23H27N3O4S2/c1-16-5-6-18(13-17(16)2)20-15-31-23(24-20)25-9-11-26(12-10-25)32(27,28)19-7-8-21(29-3)22(14-19)30-4/h5-8,13-15H,9-12H2,1-4H3. The number of hydrogen-bond acceptors (Lipinski definition) is 7. The van der Waals surface area contributed by atoms with Crippen molar-refractivity contribution in [2.24, 2.45) is 0 Å². The molecule has 0 spiro atoms. The predicted molar refractivity (Wildman–Crippen MR) is 128 cm³/mol. The van der Waals surface area contributed by atoms with E-state index in [-0.39, 0.29) is 4.90 Å². The molecule has 1 saturated heterocycles. The van der Waals surface area contributed by atoms with Crippen LogP contribution in [0.25, 0.3) is 11.3 Å².